The Labute approximate surface area is 201 Å². The van der Waals surface area contributed by atoms with Gasteiger partial charge in [0, 0.05) is 18.7 Å². The van der Waals surface area contributed by atoms with E-state index in [0.717, 1.165) is 24.2 Å². The molecule has 3 rings (SSSR count). The lowest BCUT2D eigenvalue weighted by Crippen LogP contribution is -2.42. The van der Waals surface area contributed by atoms with E-state index in [9.17, 15) is 13.2 Å². The maximum absolute atomic E-state index is 12.9. The van der Waals surface area contributed by atoms with Crippen LogP contribution in [-0.2, 0) is 10.0 Å². The van der Waals surface area contributed by atoms with Gasteiger partial charge in [-0.2, -0.15) is 0 Å². The van der Waals surface area contributed by atoms with Crippen molar-refractivity contribution >= 4 is 61.3 Å². The number of anilines is 2. The Balaban J connectivity index is 1.59. The fourth-order valence-electron chi connectivity index (χ4n) is 3.64. The van der Waals surface area contributed by atoms with Gasteiger partial charge in [-0.25, -0.2) is 18.1 Å². The quantitative estimate of drug-likeness (QED) is 0.371. The zero-order chi connectivity index (χ0) is 23.5. The van der Waals surface area contributed by atoms with Gasteiger partial charge < -0.3 is 16.2 Å². The molecule has 12 heteroatoms. The van der Waals surface area contributed by atoms with Gasteiger partial charge in [-0.05, 0) is 43.7 Å². The van der Waals surface area contributed by atoms with Gasteiger partial charge in [0.15, 0.2) is 5.13 Å². The number of carbonyl (C=O) groups excluding carboxylic acids is 1. The number of ketones is 1. The standard InChI is InChI=1S/C20H26Cl2N4O4S2/c1-11(9-27)10-32(29,30)26-13-7-5-12(6-8-13)24-20-25-19(23)18(31-20)17(28)16-14(21)3-2-4-15(16)22/h2-4,11-13,26-27H,5-10,23H2,1H3,(H,24,25)/t11-,12?,13?/m1/s1. The van der Waals surface area contributed by atoms with E-state index in [1.807, 2.05) is 0 Å². The molecule has 176 valence electrons. The van der Waals surface area contributed by atoms with E-state index in [2.05, 4.69) is 15.0 Å². The smallest absolute Gasteiger partial charge is 0.212 e. The van der Waals surface area contributed by atoms with Crippen LogP contribution in [0.2, 0.25) is 10.0 Å². The third-order valence-corrected chi connectivity index (χ3v) is 8.60. The predicted octanol–water partition coefficient (Wildman–Crippen LogP) is 3.53. The number of aliphatic hydroxyl groups excluding tert-OH is 1. The lowest BCUT2D eigenvalue weighted by atomic mass is 9.92. The minimum atomic E-state index is -3.43. The highest BCUT2D eigenvalue weighted by Crippen LogP contribution is 2.34. The normalized spacial score (nSPS) is 20.1. The number of nitrogens with one attached hydrogen (secondary N) is 2. The van der Waals surface area contributed by atoms with Crippen LogP contribution in [0, 0.1) is 5.92 Å². The number of halogens is 2. The van der Waals surface area contributed by atoms with E-state index in [-0.39, 0.29) is 62.4 Å². The number of hydrogen-bond acceptors (Lipinski definition) is 8. The van der Waals surface area contributed by atoms with Crippen LogP contribution in [0.3, 0.4) is 0 Å². The Hall–Kier alpha value is -1.43. The number of rotatable bonds is 9. The number of hydrogen-bond donors (Lipinski definition) is 4. The minimum absolute atomic E-state index is 0.0875. The van der Waals surface area contributed by atoms with Crippen LogP contribution < -0.4 is 15.8 Å². The summed E-state index contributed by atoms with van der Waals surface area (Å²) in [7, 11) is -3.43. The van der Waals surface area contributed by atoms with E-state index >= 15 is 0 Å². The van der Waals surface area contributed by atoms with Gasteiger partial charge in [-0.3, -0.25) is 4.79 Å². The van der Waals surface area contributed by atoms with Crippen LogP contribution >= 0.6 is 34.5 Å². The summed E-state index contributed by atoms with van der Waals surface area (Å²) in [4.78, 5) is 17.4. The summed E-state index contributed by atoms with van der Waals surface area (Å²) in [6.45, 7) is 1.53. The number of carbonyl (C=O) groups is 1. The second-order valence-corrected chi connectivity index (χ2v) is 11.7. The lowest BCUT2D eigenvalue weighted by Gasteiger charge is -2.29. The Morgan fingerprint density at radius 1 is 1.25 bits per heavy atom. The molecule has 1 fully saturated rings. The van der Waals surface area contributed by atoms with Crippen molar-refractivity contribution in [2.24, 2.45) is 5.92 Å². The number of sulfonamides is 1. The molecule has 0 amide bonds. The summed E-state index contributed by atoms with van der Waals surface area (Å²) in [6, 6.07) is 4.80. The Morgan fingerprint density at radius 2 is 1.84 bits per heavy atom. The number of benzene rings is 1. The van der Waals surface area contributed by atoms with Crippen LogP contribution in [0.1, 0.15) is 47.8 Å². The second-order valence-electron chi connectivity index (χ2n) is 8.04. The summed E-state index contributed by atoms with van der Waals surface area (Å²) >= 11 is 13.4. The number of aliphatic hydroxyl groups is 1. The minimum Gasteiger partial charge on any atom is -0.396 e. The predicted molar refractivity (Wildman–Crippen MR) is 129 cm³/mol. The van der Waals surface area contributed by atoms with Crippen molar-refractivity contribution in [1.82, 2.24) is 9.71 Å². The summed E-state index contributed by atoms with van der Waals surface area (Å²) < 4.78 is 27.1. The number of aromatic nitrogens is 1. The van der Waals surface area contributed by atoms with Crippen molar-refractivity contribution < 1.29 is 18.3 Å². The average molecular weight is 521 g/mol. The van der Waals surface area contributed by atoms with Gasteiger partial charge in [-0.15, -0.1) is 0 Å². The molecule has 0 spiro atoms. The largest absolute Gasteiger partial charge is 0.396 e. The zero-order valence-corrected chi connectivity index (χ0v) is 20.6. The summed E-state index contributed by atoms with van der Waals surface area (Å²) in [5.74, 6) is -0.665. The van der Waals surface area contributed by atoms with E-state index in [1.165, 1.54) is 0 Å². The first-order valence-electron chi connectivity index (χ1n) is 10.2. The molecule has 1 atom stereocenters. The number of thiazole rings is 1. The Morgan fingerprint density at radius 3 is 2.44 bits per heavy atom. The van der Waals surface area contributed by atoms with Crippen LogP contribution in [-0.4, -0.2) is 48.7 Å². The zero-order valence-electron chi connectivity index (χ0n) is 17.5. The molecule has 32 heavy (non-hydrogen) atoms. The maximum Gasteiger partial charge on any atom is 0.212 e. The van der Waals surface area contributed by atoms with E-state index in [1.54, 1.807) is 25.1 Å². The summed E-state index contributed by atoms with van der Waals surface area (Å²) in [6.07, 6.45) is 2.82. The van der Waals surface area contributed by atoms with Gasteiger partial charge in [0.1, 0.15) is 10.7 Å². The highest BCUT2D eigenvalue weighted by atomic mass is 35.5. The fourth-order valence-corrected chi connectivity index (χ4v) is 6.82. The van der Waals surface area contributed by atoms with E-state index < -0.39 is 10.0 Å². The highest BCUT2D eigenvalue weighted by Gasteiger charge is 2.27. The van der Waals surface area contributed by atoms with Crippen molar-refractivity contribution in [3.05, 3.63) is 38.7 Å². The van der Waals surface area contributed by atoms with Crippen molar-refractivity contribution in [3.63, 3.8) is 0 Å². The van der Waals surface area contributed by atoms with Crippen LogP contribution in [0.25, 0.3) is 0 Å². The Bertz CT molecular complexity index is 1050. The third-order valence-electron chi connectivity index (χ3n) is 5.27. The first-order valence-corrected chi connectivity index (χ1v) is 13.4. The fraction of sp³-hybridized carbons (Fsp3) is 0.500. The third kappa shape index (κ3) is 6.33. The molecular formula is C20H26Cl2N4O4S2. The molecule has 1 aliphatic carbocycles. The molecule has 0 aliphatic heterocycles. The molecule has 1 heterocycles. The molecule has 1 aromatic heterocycles. The average Bonchev–Trinajstić information content (AvgIpc) is 3.08. The topological polar surface area (TPSA) is 134 Å². The number of nitrogen functional groups attached to an aromatic ring is 1. The van der Waals surface area contributed by atoms with Gasteiger partial charge in [0.05, 0.1) is 21.4 Å². The molecule has 1 saturated carbocycles. The summed E-state index contributed by atoms with van der Waals surface area (Å²) in [5, 5.41) is 13.4. The van der Waals surface area contributed by atoms with E-state index in [4.69, 9.17) is 34.0 Å². The van der Waals surface area contributed by atoms with Crippen molar-refractivity contribution in [2.75, 3.05) is 23.4 Å². The lowest BCUT2D eigenvalue weighted by molar-refractivity contribution is 0.104. The second kappa shape index (κ2) is 10.7. The molecule has 0 bridgehead atoms. The molecule has 2 aromatic rings. The first kappa shape index (κ1) is 25.2. The van der Waals surface area contributed by atoms with Crippen LogP contribution in [0.15, 0.2) is 18.2 Å². The van der Waals surface area contributed by atoms with Gasteiger partial charge in [0.2, 0.25) is 15.8 Å². The van der Waals surface area contributed by atoms with E-state index in [0.29, 0.717) is 18.0 Å². The molecule has 0 unspecified atom stereocenters. The molecule has 0 saturated heterocycles. The number of nitrogens with zero attached hydrogens (tertiary/aromatic N) is 1. The van der Waals surface area contributed by atoms with Gasteiger partial charge in [0.25, 0.3) is 0 Å². The molecular weight excluding hydrogens is 495 g/mol. The van der Waals surface area contributed by atoms with Gasteiger partial charge in [-0.1, -0.05) is 47.5 Å². The van der Waals surface area contributed by atoms with Crippen molar-refractivity contribution in [3.8, 4) is 0 Å². The number of nitrogens with two attached hydrogens (primary N) is 1. The van der Waals surface area contributed by atoms with Crippen molar-refractivity contribution in [1.29, 1.82) is 0 Å². The van der Waals surface area contributed by atoms with Crippen LogP contribution in [0.4, 0.5) is 10.9 Å². The SMILES string of the molecule is C[C@H](CO)CS(=O)(=O)NC1CCC(Nc2nc(N)c(C(=O)c3c(Cl)cccc3Cl)s2)CC1. The molecule has 0 radical (unpaired) electrons. The first-order chi connectivity index (χ1) is 15.1. The molecule has 1 aliphatic rings. The van der Waals surface area contributed by atoms with Crippen molar-refractivity contribution in [2.45, 2.75) is 44.7 Å². The molecule has 8 nitrogen and oxygen atoms in total. The van der Waals surface area contributed by atoms with Gasteiger partial charge >= 0.3 is 0 Å². The molecule has 1 aromatic carbocycles. The maximum atomic E-state index is 12.9. The Kier molecular flexibility index (Phi) is 8.40. The van der Waals surface area contributed by atoms with Crippen LogP contribution in [0.5, 0.6) is 0 Å². The highest BCUT2D eigenvalue weighted by molar-refractivity contribution is 7.89. The monoisotopic (exact) mass is 520 g/mol. The molecule has 5 N–H and O–H groups in total. The summed E-state index contributed by atoms with van der Waals surface area (Å²) in [5.41, 5.74) is 6.18.